The number of hydrogen-bond acceptors (Lipinski definition) is 1. The first-order valence-corrected chi connectivity index (χ1v) is 5.13. The number of aryl methyl sites for hydroxylation is 1. The van der Waals surface area contributed by atoms with Crippen LogP contribution >= 0.6 is 11.6 Å². The van der Waals surface area contributed by atoms with Crippen molar-refractivity contribution in [3.63, 3.8) is 0 Å². The third-order valence-corrected chi connectivity index (χ3v) is 2.85. The van der Waals surface area contributed by atoms with Crippen molar-refractivity contribution in [2.24, 2.45) is 5.73 Å². The minimum absolute atomic E-state index is 0.536. The van der Waals surface area contributed by atoms with E-state index < -0.39 is 0 Å². The third kappa shape index (κ3) is 1.31. The maximum absolute atomic E-state index is 6.08. The summed E-state index contributed by atoms with van der Waals surface area (Å²) < 4.78 is 0. The largest absolute Gasteiger partial charge is 0.356 e. The Kier molecular flexibility index (Phi) is 2.48. The number of hydrogen-bond donors (Lipinski definition) is 2. The molecule has 14 heavy (non-hydrogen) atoms. The van der Waals surface area contributed by atoms with Crippen LogP contribution in [0.2, 0.25) is 5.02 Å². The van der Waals surface area contributed by atoms with Crippen molar-refractivity contribution in [2.75, 3.05) is 0 Å². The van der Waals surface area contributed by atoms with Crippen molar-refractivity contribution < 1.29 is 0 Å². The van der Waals surface area contributed by atoms with Crippen LogP contribution in [0, 0.1) is 0 Å². The first-order chi connectivity index (χ1) is 6.77. The van der Waals surface area contributed by atoms with E-state index in [2.05, 4.69) is 18.0 Å². The van der Waals surface area contributed by atoms with Gasteiger partial charge in [0.05, 0.1) is 10.5 Å². The van der Waals surface area contributed by atoms with Gasteiger partial charge in [-0.15, -0.1) is 0 Å². The molecule has 3 heteroatoms. The summed E-state index contributed by atoms with van der Waals surface area (Å²) in [5, 5.41) is 1.96. The molecule has 74 valence electrons. The standard InChI is InChI=1S/C11H13ClN2/c1-2-7-8-4-3-5-9(12)11(8)14-10(7)6-13/h3-5,14H,2,6,13H2,1H3. The van der Waals surface area contributed by atoms with Crippen molar-refractivity contribution in [1.29, 1.82) is 0 Å². The SMILES string of the molecule is CCc1c(CN)[nH]c2c(Cl)cccc12. The number of nitrogens with two attached hydrogens (primary N) is 1. The van der Waals surface area contributed by atoms with Crippen molar-refractivity contribution in [2.45, 2.75) is 19.9 Å². The van der Waals surface area contributed by atoms with Gasteiger partial charge in [0, 0.05) is 17.6 Å². The number of H-pyrrole nitrogens is 1. The number of rotatable bonds is 2. The highest BCUT2D eigenvalue weighted by molar-refractivity contribution is 6.35. The lowest BCUT2D eigenvalue weighted by Gasteiger charge is -1.97. The normalized spacial score (nSPS) is 11.1. The summed E-state index contributed by atoms with van der Waals surface area (Å²) in [6, 6.07) is 5.94. The molecular formula is C11H13ClN2. The van der Waals surface area contributed by atoms with Gasteiger partial charge in [-0.05, 0) is 18.1 Å². The van der Waals surface area contributed by atoms with Crippen LogP contribution in [-0.4, -0.2) is 4.98 Å². The molecule has 2 rings (SSSR count). The summed E-state index contributed by atoms with van der Waals surface area (Å²) in [5.41, 5.74) is 9.05. The molecule has 0 spiro atoms. The Morgan fingerprint density at radius 2 is 2.21 bits per heavy atom. The molecule has 1 aromatic carbocycles. The zero-order chi connectivity index (χ0) is 10.1. The van der Waals surface area contributed by atoms with Crippen LogP contribution in [0.25, 0.3) is 10.9 Å². The Morgan fingerprint density at radius 3 is 2.86 bits per heavy atom. The molecule has 2 nitrogen and oxygen atoms in total. The fraction of sp³-hybridized carbons (Fsp3) is 0.273. The third-order valence-electron chi connectivity index (χ3n) is 2.54. The molecule has 0 aliphatic rings. The first-order valence-electron chi connectivity index (χ1n) is 4.76. The van der Waals surface area contributed by atoms with E-state index in [9.17, 15) is 0 Å². The molecule has 0 unspecified atom stereocenters. The van der Waals surface area contributed by atoms with Gasteiger partial charge in [-0.3, -0.25) is 0 Å². The van der Waals surface area contributed by atoms with Crippen LogP contribution < -0.4 is 5.73 Å². The maximum Gasteiger partial charge on any atom is 0.0648 e. The zero-order valence-electron chi connectivity index (χ0n) is 8.10. The van der Waals surface area contributed by atoms with E-state index in [1.54, 1.807) is 0 Å². The second-order valence-corrected chi connectivity index (χ2v) is 3.71. The molecule has 1 heterocycles. The fourth-order valence-corrected chi connectivity index (χ4v) is 2.09. The quantitative estimate of drug-likeness (QED) is 0.783. The summed E-state index contributed by atoms with van der Waals surface area (Å²) in [6.45, 7) is 2.66. The van der Waals surface area contributed by atoms with E-state index in [0.717, 1.165) is 22.7 Å². The van der Waals surface area contributed by atoms with E-state index in [1.165, 1.54) is 10.9 Å². The summed E-state index contributed by atoms with van der Waals surface area (Å²) in [7, 11) is 0. The lowest BCUT2D eigenvalue weighted by molar-refractivity contribution is 0.973. The van der Waals surface area contributed by atoms with Crippen LogP contribution in [0.4, 0.5) is 0 Å². The lowest BCUT2D eigenvalue weighted by Crippen LogP contribution is -1.99. The molecule has 1 aromatic heterocycles. The Bertz CT molecular complexity index is 460. The Labute approximate surface area is 88.1 Å². The summed E-state index contributed by atoms with van der Waals surface area (Å²) >= 11 is 6.08. The average molecular weight is 209 g/mol. The van der Waals surface area contributed by atoms with Crippen LogP contribution in [0.1, 0.15) is 18.2 Å². The summed E-state index contributed by atoms with van der Waals surface area (Å²) in [6.07, 6.45) is 0.979. The van der Waals surface area contributed by atoms with Crippen molar-refractivity contribution in [3.8, 4) is 0 Å². The van der Waals surface area contributed by atoms with Gasteiger partial charge in [0.2, 0.25) is 0 Å². The van der Waals surface area contributed by atoms with Gasteiger partial charge >= 0.3 is 0 Å². The molecule has 3 N–H and O–H groups in total. The predicted molar refractivity (Wildman–Crippen MR) is 60.6 cm³/mol. The van der Waals surface area contributed by atoms with Crippen LogP contribution in [0.3, 0.4) is 0 Å². The average Bonchev–Trinajstić information content (AvgIpc) is 2.57. The second-order valence-electron chi connectivity index (χ2n) is 3.30. The van der Waals surface area contributed by atoms with Crippen molar-refractivity contribution in [3.05, 3.63) is 34.5 Å². The topological polar surface area (TPSA) is 41.8 Å². The number of aromatic nitrogens is 1. The van der Waals surface area contributed by atoms with Gasteiger partial charge in [0.15, 0.2) is 0 Å². The van der Waals surface area contributed by atoms with Gasteiger partial charge in [0.1, 0.15) is 0 Å². The number of para-hydroxylation sites is 1. The molecule has 0 saturated heterocycles. The molecule has 0 fully saturated rings. The molecular weight excluding hydrogens is 196 g/mol. The number of fused-ring (bicyclic) bond motifs is 1. The maximum atomic E-state index is 6.08. The number of halogens is 1. The molecule has 0 bridgehead atoms. The molecule has 0 aliphatic heterocycles. The van der Waals surface area contributed by atoms with E-state index in [0.29, 0.717) is 6.54 Å². The van der Waals surface area contributed by atoms with Crippen molar-refractivity contribution >= 4 is 22.5 Å². The van der Waals surface area contributed by atoms with Crippen LogP contribution in [0.15, 0.2) is 18.2 Å². The van der Waals surface area contributed by atoms with Gasteiger partial charge in [-0.25, -0.2) is 0 Å². The lowest BCUT2D eigenvalue weighted by atomic mass is 10.1. The monoisotopic (exact) mass is 208 g/mol. The van der Waals surface area contributed by atoms with Gasteiger partial charge in [-0.2, -0.15) is 0 Å². The second kappa shape index (κ2) is 3.64. The number of nitrogens with one attached hydrogen (secondary N) is 1. The molecule has 0 radical (unpaired) electrons. The van der Waals surface area contributed by atoms with E-state index >= 15 is 0 Å². The zero-order valence-corrected chi connectivity index (χ0v) is 8.86. The van der Waals surface area contributed by atoms with Gasteiger partial charge in [-0.1, -0.05) is 30.7 Å². The van der Waals surface area contributed by atoms with E-state index in [-0.39, 0.29) is 0 Å². The van der Waals surface area contributed by atoms with E-state index in [1.807, 2.05) is 12.1 Å². The molecule has 2 aromatic rings. The Morgan fingerprint density at radius 1 is 1.43 bits per heavy atom. The molecule has 0 aliphatic carbocycles. The molecule has 0 saturated carbocycles. The van der Waals surface area contributed by atoms with Crippen LogP contribution in [0.5, 0.6) is 0 Å². The summed E-state index contributed by atoms with van der Waals surface area (Å²) in [5.74, 6) is 0. The number of aromatic amines is 1. The van der Waals surface area contributed by atoms with Gasteiger partial charge < -0.3 is 10.7 Å². The Hall–Kier alpha value is -0.990. The summed E-state index contributed by atoms with van der Waals surface area (Å²) in [4.78, 5) is 3.28. The molecule has 0 amide bonds. The fourth-order valence-electron chi connectivity index (χ4n) is 1.87. The minimum Gasteiger partial charge on any atom is -0.356 e. The molecule has 0 atom stereocenters. The Balaban J connectivity index is 2.79. The van der Waals surface area contributed by atoms with Crippen LogP contribution in [-0.2, 0) is 13.0 Å². The van der Waals surface area contributed by atoms with E-state index in [4.69, 9.17) is 17.3 Å². The first kappa shape index (κ1) is 9.56. The van der Waals surface area contributed by atoms with Gasteiger partial charge in [0.25, 0.3) is 0 Å². The smallest absolute Gasteiger partial charge is 0.0648 e. The number of benzene rings is 1. The highest BCUT2D eigenvalue weighted by Gasteiger charge is 2.09. The highest BCUT2D eigenvalue weighted by Crippen LogP contribution is 2.28. The minimum atomic E-state index is 0.536. The predicted octanol–water partition coefficient (Wildman–Crippen LogP) is 2.84. The van der Waals surface area contributed by atoms with Crippen molar-refractivity contribution in [1.82, 2.24) is 4.98 Å². The highest BCUT2D eigenvalue weighted by atomic mass is 35.5.